The van der Waals surface area contributed by atoms with Gasteiger partial charge in [0.1, 0.15) is 11.2 Å². The van der Waals surface area contributed by atoms with Crippen LogP contribution >= 0.6 is 11.3 Å². The van der Waals surface area contributed by atoms with Crippen LogP contribution in [0.3, 0.4) is 0 Å². The van der Waals surface area contributed by atoms with Crippen molar-refractivity contribution in [3.63, 3.8) is 0 Å². The summed E-state index contributed by atoms with van der Waals surface area (Å²) in [6, 6.07) is 3.33. The molecule has 5 rings (SSSR count). The lowest BCUT2D eigenvalue weighted by Crippen LogP contribution is -2.51. The molecule has 0 radical (unpaired) electrons. The summed E-state index contributed by atoms with van der Waals surface area (Å²) in [5.74, 6) is -0.0500. The lowest BCUT2D eigenvalue weighted by Gasteiger charge is -2.34. The van der Waals surface area contributed by atoms with Crippen LogP contribution in [0.15, 0.2) is 12.3 Å². The Morgan fingerprint density at radius 2 is 1.96 bits per heavy atom. The molecular formula is C18H23N5OS. The molecule has 3 aliphatic rings. The number of nitrogens with zero attached hydrogens (tertiary/aromatic N) is 3. The summed E-state index contributed by atoms with van der Waals surface area (Å²) in [7, 11) is 0. The molecule has 2 unspecified atom stereocenters. The molecule has 0 aromatic carbocycles. The van der Waals surface area contributed by atoms with E-state index >= 15 is 0 Å². The van der Waals surface area contributed by atoms with Crippen LogP contribution in [0, 0.1) is 0 Å². The van der Waals surface area contributed by atoms with E-state index in [4.69, 9.17) is 4.98 Å². The zero-order valence-electron chi connectivity index (χ0n) is 14.2. The minimum absolute atomic E-state index is 0.0500. The Bertz CT molecular complexity index is 784. The highest BCUT2D eigenvalue weighted by Gasteiger charge is 2.38. The zero-order valence-corrected chi connectivity index (χ0v) is 15.0. The third-order valence-corrected chi connectivity index (χ3v) is 6.82. The molecule has 1 saturated carbocycles. The number of anilines is 1. The maximum absolute atomic E-state index is 12.5. The van der Waals surface area contributed by atoms with Gasteiger partial charge in [-0.2, -0.15) is 0 Å². The lowest BCUT2D eigenvalue weighted by atomic mass is 10.2. The van der Waals surface area contributed by atoms with E-state index < -0.39 is 0 Å². The molecule has 2 saturated heterocycles. The first-order chi connectivity index (χ1) is 12.3. The van der Waals surface area contributed by atoms with Gasteiger partial charge >= 0.3 is 0 Å². The molecule has 2 aliphatic heterocycles. The SMILES string of the molecule is O=C(NC1CCCC1)c1cc2sc(N3C4CCC3CNC4)nc2cn1. The average Bonchev–Trinajstić information content (AvgIpc) is 3.32. The number of pyridine rings is 1. The average molecular weight is 357 g/mol. The Morgan fingerprint density at radius 1 is 1.20 bits per heavy atom. The minimum Gasteiger partial charge on any atom is -0.348 e. The number of carbonyl (C=O) groups excluding carboxylic acids is 1. The van der Waals surface area contributed by atoms with E-state index in [-0.39, 0.29) is 5.91 Å². The van der Waals surface area contributed by atoms with Gasteiger partial charge in [0, 0.05) is 31.2 Å². The van der Waals surface area contributed by atoms with Crippen molar-refractivity contribution in [3.05, 3.63) is 18.0 Å². The van der Waals surface area contributed by atoms with Crippen molar-refractivity contribution in [1.82, 2.24) is 20.6 Å². The maximum atomic E-state index is 12.5. The fourth-order valence-electron chi connectivity index (χ4n) is 4.47. The monoisotopic (exact) mass is 357 g/mol. The molecule has 2 bridgehead atoms. The second-order valence-corrected chi connectivity index (χ2v) is 8.45. The van der Waals surface area contributed by atoms with Crippen molar-refractivity contribution in [2.75, 3.05) is 18.0 Å². The van der Waals surface area contributed by atoms with Crippen LogP contribution in [0.25, 0.3) is 10.2 Å². The number of amides is 1. The summed E-state index contributed by atoms with van der Waals surface area (Å²) in [4.78, 5) is 24.1. The van der Waals surface area contributed by atoms with E-state index in [1.165, 1.54) is 25.7 Å². The summed E-state index contributed by atoms with van der Waals surface area (Å²) in [5.41, 5.74) is 1.41. The molecule has 2 atom stereocenters. The van der Waals surface area contributed by atoms with Crippen LogP contribution in [0.5, 0.6) is 0 Å². The number of aromatic nitrogens is 2. The van der Waals surface area contributed by atoms with Crippen LogP contribution in [0.2, 0.25) is 0 Å². The van der Waals surface area contributed by atoms with Gasteiger partial charge in [-0.15, -0.1) is 0 Å². The summed E-state index contributed by atoms with van der Waals surface area (Å²) in [6.07, 6.45) is 8.82. The first kappa shape index (κ1) is 15.5. The van der Waals surface area contributed by atoms with Crippen molar-refractivity contribution in [1.29, 1.82) is 0 Å². The van der Waals surface area contributed by atoms with Gasteiger partial charge in [-0.25, -0.2) is 9.97 Å². The summed E-state index contributed by atoms with van der Waals surface area (Å²) in [5, 5.41) is 7.71. The Balaban J connectivity index is 1.40. The summed E-state index contributed by atoms with van der Waals surface area (Å²) >= 11 is 1.69. The number of carbonyl (C=O) groups is 1. The normalized spacial score (nSPS) is 26.5. The van der Waals surface area contributed by atoms with Gasteiger partial charge in [0.2, 0.25) is 0 Å². The third kappa shape index (κ3) is 2.79. The Hall–Kier alpha value is -1.73. The predicted molar refractivity (Wildman–Crippen MR) is 99.3 cm³/mol. The van der Waals surface area contributed by atoms with E-state index in [2.05, 4.69) is 20.5 Å². The Morgan fingerprint density at radius 3 is 2.72 bits per heavy atom. The van der Waals surface area contributed by atoms with Gasteiger partial charge in [0.25, 0.3) is 5.91 Å². The lowest BCUT2D eigenvalue weighted by molar-refractivity contribution is 0.0933. The topological polar surface area (TPSA) is 70.2 Å². The second kappa shape index (κ2) is 6.21. The molecular weight excluding hydrogens is 334 g/mol. The van der Waals surface area contributed by atoms with E-state index in [9.17, 15) is 4.79 Å². The number of fused-ring (bicyclic) bond motifs is 3. The van der Waals surface area contributed by atoms with Crippen LogP contribution in [-0.4, -0.2) is 47.1 Å². The van der Waals surface area contributed by atoms with E-state index in [1.807, 2.05) is 6.07 Å². The highest BCUT2D eigenvalue weighted by Crippen LogP contribution is 2.37. The molecule has 7 heteroatoms. The Kier molecular flexibility index (Phi) is 3.86. The first-order valence-electron chi connectivity index (χ1n) is 9.34. The van der Waals surface area contributed by atoms with Crippen LogP contribution in [-0.2, 0) is 0 Å². The largest absolute Gasteiger partial charge is 0.348 e. The molecule has 3 fully saturated rings. The fourth-order valence-corrected chi connectivity index (χ4v) is 5.59. The van der Waals surface area contributed by atoms with E-state index in [0.717, 1.165) is 41.3 Å². The summed E-state index contributed by atoms with van der Waals surface area (Å²) < 4.78 is 1.06. The van der Waals surface area contributed by atoms with Crippen LogP contribution < -0.4 is 15.5 Å². The third-order valence-electron chi connectivity index (χ3n) is 5.79. The smallest absolute Gasteiger partial charge is 0.270 e. The number of hydrogen-bond donors (Lipinski definition) is 2. The number of hydrogen-bond acceptors (Lipinski definition) is 6. The second-order valence-electron chi connectivity index (χ2n) is 7.44. The number of piperazine rings is 1. The first-order valence-corrected chi connectivity index (χ1v) is 10.2. The molecule has 4 heterocycles. The zero-order chi connectivity index (χ0) is 16.8. The van der Waals surface area contributed by atoms with Crippen LogP contribution in [0.1, 0.15) is 49.0 Å². The molecule has 2 aromatic rings. The van der Waals surface area contributed by atoms with Crippen LogP contribution in [0.4, 0.5) is 5.13 Å². The highest BCUT2D eigenvalue weighted by atomic mass is 32.1. The van der Waals surface area contributed by atoms with Gasteiger partial charge in [-0.1, -0.05) is 24.2 Å². The molecule has 132 valence electrons. The maximum Gasteiger partial charge on any atom is 0.270 e. The number of nitrogens with one attached hydrogen (secondary N) is 2. The van der Waals surface area contributed by atoms with E-state index in [1.54, 1.807) is 17.5 Å². The minimum atomic E-state index is -0.0500. The predicted octanol–water partition coefficient (Wildman–Crippen LogP) is 2.30. The molecule has 2 N–H and O–H groups in total. The van der Waals surface area contributed by atoms with E-state index in [0.29, 0.717) is 23.8 Å². The molecule has 2 aromatic heterocycles. The Labute approximate surface area is 151 Å². The highest BCUT2D eigenvalue weighted by molar-refractivity contribution is 7.22. The van der Waals surface area contributed by atoms with Crippen molar-refractivity contribution in [2.45, 2.75) is 56.7 Å². The standard InChI is InChI=1S/C18H23N5OS/c24-17(21-11-3-1-2-4-11)14-7-16-15(10-20-14)22-18(25-16)23-12-5-6-13(23)9-19-8-12/h7,10-13,19H,1-6,8-9H2,(H,21,24). The van der Waals surface area contributed by atoms with Gasteiger partial charge in [0.15, 0.2) is 5.13 Å². The molecule has 1 amide bonds. The van der Waals surface area contributed by atoms with Gasteiger partial charge in [-0.05, 0) is 31.7 Å². The molecule has 1 aliphatic carbocycles. The van der Waals surface area contributed by atoms with Gasteiger partial charge in [0.05, 0.1) is 10.9 Å². The molecule has 0 spiro atoms. The van der Waals surface area contributed by atoms with Crippen molar-refractivity contribution >= 4 is 32.6 Å². The van der Waals surface area contributed by atoms with Gasteiger partial charge in [-0.3, -0.25) is 4.79 Å². The van der Waals surface area contributed by atoms with Crippen molar-refractivity contribution in [2.24, 2.45) is 0 Å². The fraction of sp³-hybridized carbons (Fsp3) is 0.611. The summed E-state index contributed by atoms with van der Waals surface area (Å²) in [6.45, 7) is 2.08. The van der Waals surface area contributed by atoms with Crippen molar-refractivity contribution < 1.29 is 4.79 Å². The van der Waals surface area contributed by atoms with Crippen molar-refractivity contribution in [3.8, 4) is 0 Å². The molecule has 25 heavy (non-hydrogen) atoms. The van der Waals surface area contributed by atoms with Gasteiger partial charge < -0.3 is 15.5 Å². The molecule has 6 nitrogen and oxygen atoms in total. The number of rotatable bonds is 3. The number of thiazole rings is 1. The quantitative estimate of drug-likeness (QED) is 0.882.